The summed E-state index contributed by atoms with van der Waals surface area (Å²) in [7, 11) is -2.18. The van der Waals surface area contributed by atoms with E-state index in [0.29, 0.717) is 5.65 Å². The van der Waals surface area contributed by atoms with E-state index < -0.39 is 10.0 Å². The molecule has 0 amide bonds. The molecule has 3 heterocycles. The number of nitrogens with one attached hydrogen (secondary N) is 3. The Kier molecular flexibility index (Phi) is 3.27. The maximum Gasteiger partial charge on any atom is 0.260 e. The minimum Gasteiger partial charge on any atom is -0.371 e. The number of aromatic amines is 1. The van der Waals surface area contributed by atoms with Crippen molar-refractivity contribution in [3.05, 3.63) is 30.2 Å². The van der Waals surface area contributed by atoms with Crippen molar-refractivity contribution in [3.8, 4) is 0 Å². The van der Waals surface area contributed by atoms with E-state index in [0.717, 1.165) is 0 Å². The van der Waals surface area contributed by atoms with Crippen LogP contribution in [0.25, 0.3) is 5.65 Å². The third-order valence-electron chi connectivity index (χ3n) is 2.79. The Labute approximate surface area is 119 Å². The Morgan fingerprint density at radius 2 is 2.24 bits per heavy atom. The second kappa shape index (κ2) is 5.10. The number of aromatic nitrogens is 6. The van der Waals surface area contributed by atoms with Gasteiger partial charge in [-0.15, -0.1) is 10.2 Å². The first-order valence-corrected chi connectivity index (χ1v) is 7.47. The summed E-state index contributed by atoms with van der Waals surface area (Å²) in [6.07, 6.45) is 1.63. The molecular formula is C10H12N8O2S. The van der Waals surface area contributed by atoms with E-state index >= 15 is 0 Å². The number of pyridine rings is 1. The molecule has 3 aromatic rings. The monoisotopic (exact) mass is 308 g/mol. The maximum atomic E-state index is 12.5. The number of H-pyrrole nitrogens is 1. The second-order valence-electron chi connectivity index (χ2n) is 4.10. The number of tetrazole rings is 1. The first-order chi connectivity index (χ1) is 10.1. The average molecular weight is 308 g/mol. The van der Waals surface area contributed by atoms with E-state index in [4.69, 9.17) is 0 Å². The summed E-state index contributed by atoms with van der Waals surface area (Å²) in [4.78, 5) is 4.23. The number of fused-ring (bicyclic) bond motifs is 1. The highest BCUT2D eigenvalue weighted by atomic mass is 32.2. The fourth-order valence-corrected chi connectivity index (χ4v) is 3.15. The van der Waals surface area contributed by atoms with E-state index in [1.807, 2.05) is 0 Å². The Morgan fingerprint density at radius 1 is 1.38 bits per heavy atom. The largest absolute Gasteiger partial charge is 0.371 e. The smallest absolute Gasteiger partial charge is 0.260 e. The van der Waals surface area contributed by atoms with Crippen molar-refractivity contribution in [2.75, 3.05) is 12.4 Å². The van der Waals surface area contributed by atoms with Gasteiger partial charge < -0.3 is 5.32 Å². The van der Waals surface area contributed by atoms with Gasteiger partial charge in [-0.05, 0) is 12.1 Å². The molecule has 3 aromatic heterocycles. The Bertz CT molecular complexity index is 854. The van der Waals surface area contributed by atoms with Crippen LogP contribution in [-0.4, -0.2) is 45.5 Å². The van der Waals surface area contributed by atoms with Crippen molar-refractivity contribution in [1.82, 2.24) is 34.7 Å². The summed E-state index contributed by atoms with van der Waals surface area (Å²) < 4.78 is 28.9. The molecule has 0 aliphatic heterocycles. The van der Waals surface area contributed by atoms with Crippen molar-refractivity contribution in [2.24, 2.45) is 0 Å². The third-order valence-corrected chi connectivity index (χ3v) is 4.21. The fraction of sp³-hybridized carbons (Fsp3) is 0.200. The molecule has 0 bridgehead atoms. The van der Waals surface area contributed by atoms with Gasteiger partial charge in [-0.25, -0.2) is 18.1 Å². The highest BCUT2D eigenvalue weighted by Crippen LogP contribution is 2.22. The van der Waals surface area contributed by atoms with E-state index in [2.05, 4.69) is 35.6 Å². The molecule has 10 nitrogen and oxygen atoms in total. The van der Waals surface area contributed by atoms with Crippen LogP contribution in [0.3, 0.4) is 0 Å². The van der Waals surface area contributed by atoms with Crippen LogP contribution in [0.5, 0.6) is 0 Å². The van der Waals surface area contributed by atoms with Crippen molar-refractivity contribution in [3.63, 3.8) is 0 Å². The predicted molar refractivity (Wildman–Crippen MR) is 72.9 cm³/mol. The van der Waals surface area contributed by atoms with E-state index in [9.17, 15) is 8.42 Å². The lowest BCUT2D eigenvalue weighted by atomic mass is 10.5. The summed E-state index contributed by atoms with van der Waals surface area (Å²) in [5, 5.41) is 15.8. The zero-order chi connectivity index (χ0) is 14.9. The number of rotatable bonds is 5. The minimum absolute atomic E-state index is 0.0316. The summed E-state index contributed by atoms with van der Waals surface area (Å²) in [5.74, 6) is 0.514. The third kappa shape index (κ3) is 2.43. The molecule has 0 spiro atoms. The van der Waals surface area contributed by atoms with Crippen LogP contribution >= 0.6 is 0 Å². The molecule has 0 aliphatic carbocycles. The number of imidazole rings is 1. The number of hydrogen-bond donors (Lipinski definition) is 3. The number of hydrogen-bond acceptors (Lipinski definition) is 7. The Balaban J connectivity index is 2.01. The van der Waals surface area contributed by atoms with Crippen LogP contribution in [0.4, 0.5) is 5.82 Å². The van der Waals surface area contributed by atoms with Crippen molar-refractivity contribution in [2.45, 2.75) is 11.6 Å². The van der Waals surface area contributed by atoms with Gasteiger partial charge in [0, 0.05) is 13.2 Å². The van der Waals surface area contributed by atoms with Gasteiger partial charge in [-0.1, -0.05) is 11.3 Å². The predicted octanol–water partition coefficient (Wildman–Crippen LogP) is -0.632. The molecule has 3 N–H and O–H groups in total. The Morgan fingerprint density at radius 3 is 2.95 bits per heavy atom. The van der Waals surface area contributed by atoms with Gasteiger partial charge in [0.2, 0.25) is 0 Å². The van der Waals surface area contributed by atoms with E-state index in [1.54, 1.807) is 31.4 Å². The van der Waals surface area contributed by atoms with Gasteiger partial charge in [0.15, 0.2) is 16.7 Å². The van der Waals surface area contributed by atoms with Crippen LogP contribution < -0.4 is 10.0 Å². The van der Waals surface area contributed by atoms with Gasteiger partial charge in [-0.3, -0.25) is 4.40 Å². The van der Waals surface area contributed by atoms with Gasteiger partial charge in [0.25, 0.3) is 10.0 Å². The lowest BCUT2D eigenvalue weighted by Crippen LogP contribution is -2.25. The van der Waals surface area contributed by atoms with Crippen LogP contribution in [0.1, 0.15) is 5.82 Å². The van der Waals surface area contributed by atoms with Crippen molar-refractivity contribution < 1.29 is 8.42 Å². The van der Waals surface area contributed by atoms with Crippen molar-refractivity contribution in [1.29, 1.82) is 0 Å². The lowest BCUT2D eigenvalue weighted by Gasteiger charge is -2.06. The summed E-state index contributed by atoms with van der Waals surface area (Å²) in [6.45, 7) is -0.0674. The van der Waals surface area contributed by atoms with Gasteiger partial charge in [0.1, 0.15) is 5.65 Å². The van der Waals surface area contributed by atoms with Gasteiger partial charge in [0.05, 0.1) is 6.54 Å². The number of anilines is 1. The zero-order valence-corrected chi connectivity index (χ0v) is 11.8. The van der Waals surface area contributed by atoms with E-state index in [1.165, 1.54) is 4.40 Å². The topological polar surface area (TPSA) is 130 Å². The van der Waals surface area contributed by atoms with Crippen LogP contribution in [0.2, 0.25) is 0 Å². The molecule has 0 unspecified atom stereocenters. The molecule has 11 heteroatoms. The molecule has 0 fully saturated rings. The number of nitrogens with zero attached hydrogens (tertiary/aromatic N) is 5. The second-order valence-corrected chi connectivity index (χ2v) is 5.78. The minimum atomic E-state index is -3.80. The maximum absolute atomic E-state index is 12.5. The molecule has 0 radical (unpaired) electrons. The van der Waals surface area contributed by atoms with Crippen LogP contribution in [-0.2, 0) is 16.6 Å². The fourth-order valence-electron chi connectivity index (χ4n) is 1.88. The molecule has 110 valence electrons. The average Bonchev–Trinajstić information content (AvgIpc) is 3.12. The summed E-state index contributed by atoms with van der Waals surface area (Å²) >= 11 is 0. The van der Waals surface area contributed by atoms with E-state index in [-0.39, 0.29) is 23.2 Å². The van der Waals surface area contributed by atoms with Crippen molar-refractivity contribution >= 4 is 21.5 Å². The highest BCUT2D eigenvalue weighted by Gasteiger charge is 2.24. The van der Waals surface area contributed by atoms with Crippen LogP contribution in [0, 0.1) is 0 Å². The molecular weight excluding hydrogens is 296 g/mol. The normalized spacial score (nSPS) is 11.9. The lowest BCUT2D eigenvalue weighted by molar-refractivity contribution is 0.574. The Hall–Kier alpha value is -2.53. The molecule has 0 saturated carbocycles. The first-order valence-electron chi connectivity index (χ1n) is 5.98. The highest BCUT2D eigenvalue weighted by molar-refractivity contribution is 7.89. The standard InChI is InChI=1S/C10H12N8O2S/c1-11-9-10(18-5-3-2-4-8(18)13-9)21(19,20)12-6-7-14-16-17-15-7/h2-5,11-12H,6H2,1H3,(H,14,15,16,17). The quantitative estimate of drug-likeness (QED) is 0.572. The number of sulfonamides is 1. The molecule has 0 saturated heterocycles. The van der Waals surface area contributed by atoms with Gasteiger partial charge >= 0.3 is 0 Å². The molecule has 0 atom stereocenters. The molecule has 21 heavy (non-hydrogen) atoms. The van der Waals surface area contributed by atoms with Gasteiger partial charge in [-0.2, -0.15) is 5.21 Å². The van der Waals surface area contributed by atoms with Crippen LogP contribution in [0.15, 0.2) is 29.4 Å². The SMILES string of the molecule is CNc1nc2ccccn2c1S(=O)(=O)NCc1nn[nH]n1. The molecule has 0 aromatic carbocycles. The molecule has 3 rings (SSSR count). The first kappa shape index (κ1) is 13.5. The summed E-state index contributed by atoms with van der Waals surface area (Å²) in [5.41, 5.74) is 0.529. The summed E-state index contributed by atoms with van der Waals surface area (Å²) in [6, 6.07) is 5.23. The molecule has 0 aliphatic rings. The zero-order valence-electron chi connectivity index (χ0n) is 11.0.